The van der Waals surface area contributed by atoms with Crippen molar-refractivity contribution in [2.75, 3.05) is 25.4 Å². The fraction of sp³-hybridized carbons (Fsp3) is 0.323. The molecule has 2 aromatic heterocycles. The van der Waals surface area contributed by atoms with Gasteiger partial charge < -0.3 is 20.1 Å². The third-order valence-electron chi connectivity index (χ3n) is 7.08. The van der Waals surface area contributed by atoms with Crippen LogP contribution < -0.4 is 10.5 Å². The van der Waals surface area contributed by atoms with E-state index in [4.69, 9.17) is 20.3 Å². The number of hydrogen-bond acceptors (Lipinski definition) is 8. The highest BCUT2D eigenvalue weighted by molar-refractivity contribution is 5.99. The maximum absolute atomic E-state index is 15.5. The van der Waals surface area contributed by atoms with Gasteiger partial charge in [-0.3, -0.25) is 4.79 Å². The summed E-state index contributed by atoms with van der Waals surface area (Å²) in [5.41, 5.74) is 6.48. The van der Waals surface area contributed by atoms with Crippen molar-refractivity contribution in [3.8, 4) is 28.8 Å². The van der Waals surface area contributed by atoms with Crippen LogP contribution in [0.4, 0.5) is 10.2 Å². The van der Waals surface area contributed by atoms with Crippen molar-refractivity contribution in [1.82, 2.24) is 24.6 Å². The zero-order valence-corrected chi connectivity index (χ0v) is 23.7. The molecule has 4 aromatic rings. The Bertz CT molecular complexity index is 1680. The fourth-order valence-electron chi connectivity index (χ4n) is 5.23. The van der Waals surface area contributed by atoms with Crippen LogP contribution in [0.1, 0.15) is 39.7 Å². The minimum absolute atomic E-state index is 0.0200. The molecule has 1 saturated heterocycles. The van der Waals surface area contributed by atoms with Crippen LogP contribution in [0.2, 0.25) is 0 Å². The van der Waals surface area contributed by atoms with E-state index in [1.165, 1.54) is 12.4 Å². The number of nitrogen functional groups attached to an aromatic ring is 1. The highest BCUT2D eigenvalue weighted by Crippen LogP contribution is 2.36. The number of likely N-dealkylation sites (tertiary alicyclic amines) is 1. The standard InChI is InChI=1S/C31H32FN7O3/c1-4-41-31(2,3)16-20(17-33)30(40)38-14-8-9-21(18-38)39-29-26(28(34)35-19-36-29)27(37-39)24-13-12-23(15-25(24)32)42-22-10-6-5-7-11-22/h5-7,10-13,15-16,19,21H,4,8-9,14,18H2,1-3H3,(H2,34,35,36)/t21-/m0/s1. The summed E-state index contributed by atoms with van der Waals surface area (Å²) >= 11 is 0. The molecule has 5 rings (SSSR count). The number of nitriles is 1. The molecule has 11 heteroatoms. The topological polar surface area (TPSA) is 132 Å². The number of nitrogens with zero attached hydrogens (tertiary/aromatic N) is 6. The van der Waals surface area contributed by atoms with Crippen LogP contribution in [-0.2, 0) is 9.53 Å². The quantitative estimate of drug-likeness (QED) is 0.219. The van der Waals surface area contributed by atoms with Gasteiger partial charge in [-0.15, -0.1) is 0 Å². The number of para-hydroxylation sites is 1. The maximum Gasteiger partial charge on any atom is 0.264 e. The zero-order chi connectivity index (χ0) is 29.9. The number of carbonyl (C=O) groups excluding carboxylic acids is 1. The summed E-state index contributed by atoms with van der Waals surface area (Å²) in [4.78, 5) is 23.6. The van der Waals surface area contributed by atoms with E-state index in [0.717, 1.165) is 0 Å². The first-order chi connectivity index (χ1) is 20.2. The minimum atomic E-state index is -0.766. The number of piperidine rings is 1. The number of amides is 1. The van der Waals surface area contributed by atoms with Crippen LogP contribution in [0, 0.1) is 17.1 Å². The summed E-state index contributed by atoms with van der Waals surface area (Å²) in [7, 11) is 0. The van der Waals surface area contributed by atoms with Crippen LogP contribution in [0.3, 0.4) is 0 Å². The summed E-state index contributed by atoms with van der Waals surface area (Å²) < 4.78 is 28.7. The second-order valence-corrected chi connectivity index (χ2v) is 10.6. The van der Waals surface area contributed by atoms with Gasteiger partial charge in [0, 0.05) is 31.3 Å². The van der Waals surface area contributed by atoms with Gasteiger partial charge in [-0.25, -0.2) is 19.0 Å². The SMILES string of the molecule is CCOC(C)(C)C=C(C#N)C(=O)N1CCC[C@H](n2nc(-c3ccc(Oc4ccccc4)cc3F)c3c(N)ncnc32)C1. The zero-order valence-electron chi connectivity index (χ0n) is 23.7. The number of anilines is 1. The third kappa shape index (κ3) is 5.94. The molecule has 216 valence electrons. The van der Waals surface area contributed by atoms with E-state index in [9.17, 15) is 10.1 Å². The molecule has 0 radical (unpaired) electrons. The number of carbonyl (C=O) groups is 1. The predicted molar refractivity (Wildman–Crippen MR) is 156 cm³/mol. The lowest BCUT2D eigenvalue weighted by atomic mass is 10.0. The molecule has 1 aliphatic heterocycles. The molecule has 1 aliphatic rings. The molecular weight excluding hydrogens is 537 g/mol. The van der Waals surface area contributed by atoms with Crippen LogP contribution in [0.25, 0.3) is 22.3 Å². The smallest absolute Gasteiger partial charge is 0.264 e. The van der Waals surface area contributed by atoms with Crippen molar-refractivity contribution in [2.24, 2.45) is 0 Å². The number of benzene rings is 2. The molecule has 1 atom stereocenters. The molecule has 2 aromatic carbocycles. The van der Waals surface area contributed by atoms with E-state index in [1.807, 2.05) is 31.2 Å². The van der Waals surface area contributed by atoms with Gasteiger partial charge in [-0.2, -0.15) is 10.4 Å². The van der Waals surface area contributed by atoms with Crippen molar-refractivity contribution >= 4 is 22.8 Å². The van der Waals surface area contributed by atoms with Gasteiger partial charge in [0.2, 0.25) is 0 Å². The monoisotopic (exact) mass is 569 g/mol. The van der Waals surface area contributed by atoms with Gasteiger partial charge in [0.25, 0.3) is 5.91 Å². The van der Waals surface area contributed by atoms with E-state index < -0.39 is 11.4 Å². The second-order valence-electron chi connectivity index (χ2n) is 10.6. The molecule has 10 nitrogen and oxygen atoms in total. The Kier molecular flexibility index (Phi) is 8.17. The molecule has 0 saturated carbocycles. The molecule has 2 N–H and O–H groups in total. The van der Waals surface area contributed by atoms with Crippen molar-refractivity contribution in [3.05, 3.63) is 72.3 Å². The number of fused-ring (bicyclic) bond motifs is 1. The molecule has 0 spiro atoms. The molecule has 0 unspecified atom stereocenters. The van der Waals surface area contributed by atoms with Gasteiger partial charge in [0.15, 0.2) is 5.65 Å². The normalized spacial score (nSPS) is 15.9. The van der Waals surface area contributed by atoms with Gasteiger partial charge in [0.05, 0.1) is 17.0 Å². The summed E-state index contributed by atoms with van der Waals surface area (Å²) in [5.74, 6) is 0.178. The highest BCUT2D eigenvalue weighted by atomic mass is 19.1. The Hall–Kier alpha value is -4.82. The van der Waals surface area contributed by atoms with Gasteiger partial charge in [-0.05, 0) is 64.0 Å². The molecule has 3 heterocycles. The second kappa shape index (κ2) is 12.0. The van der Waals surface area contributed by atoms with E-state index in [0.29, 0.717) is 60.8 Å². The first-order valence-electron chi connectivity index (χ1n) is 13.8. The average Bonchev–Trinajstić information content (AvgIpc) is 3.37. The van der Waals surface area contributed by atoms with Crippen molar-refractivity contribution in [1.29, 1.82) is 5.26 Å². The fourth-order valence-corrected chi connectivity index (χ4v) is 5.23. The van der Waals surface area contributed by atoms with Crippen LogP contribution >= 0.6 is 0 Å². The van der Waals surface area contributed by atoms with Crippen LogP contribution in [0.15, 0.2) is 66.5 Å². The number of rotatable bonds is 8. The summed E-state index contributed by atoms with van der Waals surface area (Å²) in [6.45, 7) is 6.70. The first-order valence-corrected chi connectivity index (χ1v) is 13.8. The Morgan fingerprint density at radius 3 is 2.71 bits per heavy atom. The minimum Gasteiger partial charge on any atom is -0.457 e. The first kappa shape index (κ1) is 28.7. The average molecular weight is 570 g/mol. The lowest BCUT2D eigenvalue weighted by Gasteiger charge is -2.33. The Morgan fingerprint density at radius 2 is 2.00 bits per heavy atom. The number of halogens is 1. The van der Waals surface area contributed by atoms with Crippen LogP contribution in [0.5, 0.6) is 11.5 Å². The third-order valence-corrected chi connectivity index (χ3v) is 7.08. The van der Waals surface area contributed by atoms with Gasteiger partial charge >= 0.3 is 0 Å². The number of hydrogen-bond donors (Lipinski definition) is 1. The summed E-state index contributed by atoms with van der Waals surface area (Å²) in [6.07, 6.45) is 4.28. The molecular formula is C31H32FN7O3. The van der Waals surface area contributed by atoms with Crippen molar-refractivity contribution < 1.29 is 18.7 Å². The maximum atomic E-state index is 15.5. The Balaban J connectivity index is 1.47. The molecule has 42 heavy (non-hydrogen) atoms. The van der Waals surface area contributed by atoms with E-state index in [1.54, 1.807) is 53.8 Å². The van der Waals surface area contributed by atoms with Crippen LogP contribution in [-0.4, -0.2) is 55.9 Å². The van der Waals surface area contributed by atoms with E-state index in [2.05, 4.69) is 9.97 Å². The largest absolute Gasteiger partial charge is 0.457 e. The summed E-state index contributed by atoms with van der Waals surface area (Å²) in [5, 5.41) is 15.0. The van der Waals surface area contributed by atoms with E-state index >= 15 is 4.39 Å². The van der Waals surface area contributed by atoms with Gasteiger partial charge in [0.1, 0.15) is 46.8 Å². The number of aromatic nitrogens is 4. The number of ether oxygens (including phenoxy) is 2. The molecule has 1 fully saturated rings. The Labute approximate surface area is 243 Å². The number of nitrogens with two attached hydrogens (primary N) is 1. The molecule has 0 bridgehead atoms. The van der Waals surface area contributed by atoms with Crippen molar-refractivity contribution in [2.45, 2.75) is 45.3 Å². The molecule has 0 aliphatic carbocycles. The lowest BCUT2D eigenvalue weighted by Crippen LogP contribution is -2.42. The molecule has 1 amide bonds. The predicted octanol–water partition coefficient (Wildman–Crippen LogP) is 5.44. The van der Waals surface area contributed by atoms with E-state index in [-0.39, 0.29) is 28.9 Å². The highest BCUT2D eigenvalue weighted by Gasteiger charge is 2.31. The Morgan fingerprint density at radius 1 is 1.21 bits per heavy atom. The lowest BCUT2D eigenvalue weighted by molar-refractivity contribution is -0.128. The van der Waals surface area contributed by atoms with Crippen molar-refractivity contribution in [3.63, 3.8) is 0 Å². The van der Waals surface area contributed by atoms with Gasteiger partial charge in [-0.1, -0.05) is 18.2 Å². The summed E-state index contributed by atoms with van der Waals surface area (Å²) in [6, 6.07) is 15.4.